The maximum Gasteiger partial charge on any atom is 0.416 e. The van der Waals surface area contributed by atoms with Crippen LogP contribution in [0.25, 0.3) is 0 Å². The van der Waals surface area contributed by atoms with Gasteiger partial charge in [-0.05, 0) is 61.9 Å². The number of aliphatic hydroxyl groups excluding tert-OH is 3. The van der Waals surface area contributed by atoms with E-state index >= 15 is 0 Å². The Morgan fingerprint density at radius 3 is 2.19 bits per heavy atom. The molecule has 1 saturated heterocycles. The quantitative estimate of drug-likeness (QED) is 0.252. The van der Waals surface area contributed by atoms with Crippen molar-refractivity contribution in [3.8, 4) is 0 Å². The molecule has 13 nitrogen and oxygen atoms in total. The summed E-state index contributed by atoms with van der Waals surface area (Å²) in [6.07, 6.45) is -29.5. The van der Waals surface area contributed by atoms with Gasteiger partial charge < -0.3 is 44.3 Å². The first-order valence-corrected chi connectivity index (χ1v) is 16.1. The minimum atomic E-state index is -5.25. The molecule has 22 heteroatoms. The van der Waals surface area contributed by atoms with Gasteiger partial charge in [-0.2, -0.15) is 39.5 Å². The molecule has 0 bridgehead atoms. The normalized spacial score (nSPS) is 27.7. The molecule has 0 spiro atoms. The molecule has 3 aliphatic rings. The zero-order valence-electron chi connectivity index (χ0n) is 28.2. The van der Waals surface area contributed by atoms with Gasteiger partial charge in [0.1, 0.15) is 18.3 Å². The zero-order chi connectivity index (χ0) is 40.5. The molecule has 4 N–H and O–H groups in total. The van der Waals surface area contributed by atoms with Crippen molar-refractivity contribution in [2.24, 2.45) is 5.92 Å². The van der Waals surface area contributed by atoms with Crippen LogP contribution in [-0.2, 0) is 29.9 Å². The van der Waals surface area contributed by atoms with Crippen LogP contribution in [0.3, 0.4) is 0 Å². The van der Waals surface area contributed by atoms with Crippen molar-refractivity contribution < 1.29 is 93.3 Å². The van der Waals surface area contributed by atoms with Gasteiger partial charge in [-0.3, -0.25) is 4.90 Å². The van der Waals surface area contributed by atoms with Gasteiger partial charge in [-0.25, -0.2) is 14.4 Å². The highest BCUT2D eigenvalue weighted by Crippen LogP contribution is 2.46. The lowest BCUT2D eigenvalue weighted by molar-refractivity contribution is -0.294. The lowest BCUT2D eigenvalue weighted by Crippen LogP contribution is -2.60. The van der Waals surface area contributed by atoms with Gasteiger partial charge in [-0.15, -0.1) is 0 Å². The van der Waals surface area contributed by atoms with Crippen molar-refractivity contribution in [3.05, 3.63) is 52.6 Å². The molecule has 0 aromatic heterocycles. The van der Waals surface area contributed by atoms with Crippen molar-refractivity contribution in [3.63, 3.8) is 0 Å². The van der Waals surface area contributed by atoms with Gasteiger partial charge in [-0.1, -0.05) is 6.08 Å². The predicted octanol–water partition coefficient (Wildman–Crippen LogP) is 4.85. The van der Waals surface area contributed by atoms with Gasteiger partial charge in [0.15, 0.2) is 12.4 Å². The monoisotopic (exact) mass is 794 g/mol. The van der Waals surface area contributed by atoms with Crippen LogP contribution in [0.15, 0.2) is 41.5 Å². The topological polar surface area (TPSA) is 176 Å². The molecule has 1 aromatic rings. The van der Waals surface area contributed by atoms with Crippen LogP contribution >= 0.6 is 0 Å². The van der Waals surface area contributed by atoms with Crippen molar-refractivity contribution in [1.29, 1.82) is 0 Å². The number of halogens is 9. The maximum absolute atomic E-state index is 14.0. The van der Waals surface area contributed by atoms with Crippen LogP contribution < -0.4 is 4.90 Å². The van der Waals surface area contributed by atoms with Crippen LogP contribution in [0.5, 0.6) is 0 Å². The molecule has 0 radical (unpaired) electrons. The Hall–Kier alpha value is -4.12. The molecule has 8 atom stereocenters. The lowest BCUT2D eigenvalue weighted by Gasteiger charge is -2.45. The maximum atomic E-state index is 14.0. The number of carbonyl (C=O) groups is 3. The number of nitrogens with zero attached hydrogens (tertiary/aromatic N) is 2. The Morgan fingerprint density at radius 2 is 1.63 bits per heavy atom. The van der Waals surface area contributed by atoms with Crippen LogP contribution in [0.1, 0.15) is 43.4 Å². The third-order valence-electron chi connectivity index (χ3n) is 8.98. The smallest absolute Gasteiger partial charge is 0.416 e. The lowest BCUT2D eigenvalue weighted by atomic mass is 9.85. The van der Waals surface area contributed by atoms with E-state index in [0.29, 0.717) is 23.1 Å². The SMILES string of the molecule is CCOC(=O)N1c2ccc(C(F)(F)F)cc2C(N(CC2C=C(C(F)(F)F)C=C(C(F)(F)F)C2)C(=O)OC)CC1CCOC1OC(C(=O)O)C(O)C(O)C1O. The third kappa shape index (κ3) is 9.39. The molecule has 54 heavy (non-hydrogen) atoms. The van der Waals surface area contributed by atoms with E-state index in [0.717, 1.165) is 18.1 Å². The fourth-order valence-corrected chi connectivity index (χ4v) is 6.48. The first-order chi connectivity index (χ1) is 25.0. The number of carboxylic acids is 1. The molecular weight excluding hydrogens is 759 g/mol. The summed E-state index contributed by atoms with van der Waals surface area (Å²) in [4.78, 5) is 39.7. The van der Waals surface area contributed by atoms with Gasteiger partial charge >= 0.3 is 36.7 Å². The number of anilines is 1. The first kappa shape index (κ1) is 42.6. The fourth-order valence-electron chi connectivity index (χ4n) is 6.48. The van der Waals surface area contributed by atoms with E-state index in [9.17, 15) is 74.3 Å². The number of carboxylic acid groups (broad SMARTS) is 1. The highest BCUT2D eigenvalue weighted by Gasteiger charge is 2.49. The number of amides is 2. The molecule has 2 amide bonds. The van der Waals surface area contributed by atoms with E-state index in [1.807, 2.05) is 0 Å². The highest BCUT2D eigenvalue weighted by atomic mass is 19.4. The molecular formula is C32H35F9N2O11. The van der Waals surface area contributed by atoms with Gasteiger partial charge in [0.2, 0.25) is 0 Å². The van der Waals surface area contributed by atoms with Crippen molar-refractivity contribution in [2.75, 3.05) is 31.8 Å². The standard InChI is InChI=1S/C32H35F9N2O11/c1-3-52-29(50)43-18(6-7-53-27-24(46)22(44)23(45)25(54-27)26(47)48)12-21(19-11-15(30(33,34)35)4-5-20(19)43)42(28(49)51-2)13-14-8-16(31(36,37)38)10-17(9-14)32(39,40)41/h4-5,8,10-11,14,18,21-25,27,44-46H,3,6-7,9,12-13H2,1-2H3,(H,47,48). The summed E-state index contributed by atoms with van der Waals surface area (Å²) in [6.45, 7) is -0.331. The number of fused-ring (bicyclic) bond motifs is 1. The summed E-state index contributed by atoms with van der Waals surface area (Å²) >= 11 is 0. The predicted molar refractivity (Wildman–Crippen MR) is 162 cm³/mol. The van der Waals surface area contributed by atoms with Gasteiger partial charge in [0.05, 0.1) is 43.2 Å². The highest BCUT2D eigenvalue weighted by molar-refractivity contribution is 5.90. The Morgan fingerprint density at radius 1 is 0.963 bits per heavy atom. The summed E-state index contributed by atoms with van der Waals surface area (Å²) in [7, 11) is 0.825. The van der Waals surface area contributed by atoms with E-state index < -0.39 is 134 Å². The number of benzene rings is 1. The molecule has 2 heterocycles. The Labute approximate surface area is 300 Å². The molecule has 1 fully saturated rings. The van der Waals surface area contributed by atoms with Crippen LogP contribution in [0.2, 0.25) is 0 Å². The summed E-state index contributed by atoms with van der Waals surface area (Å²) in [5, 5.41) is 39.7. The van der Waals surface area contributed by atoms with Crippen molar-refractivity contribution >= 4 is 23.8 Å². The summed E-state index contributed by atoms with van der Waals surface area (Å²) in [6, 6.07) is -0.818. The number of hydrogen-bond acceptors (Lipinski definition) is 10. The van der Waals surface area contributed by atoms with E-state index in [-0.39, 0.29) is 24.8 Å². The number of methoxy groups -OCH3 is 1. The van der Waals surface area contributed by atoms with E-state index in [1.54, 1.807) is 0 Å². The number of aliphatic hydroxyl groups is 3. The van der Waals surface area contributed by atoms with Gasteiger partial charge in [0.25, 0.3) is 0 Å². The Kier molecular flexibility index (Phi) is 12.9. The second-order valence-corrected chi connectivity index (χ2v) is 12.5. The summed E-state index contributed by atoms with van der Waals surface area (Å²) in [5.74, 6) is -3.41. The number of alkyl halides is 9. The third-order valence-corrected chi connectivity index (χ3v) is 8.98. The number of hydrogen-bond donors (Lipinski definition) is 4. The van der Waals surface area contributed by atoms with Crippen molar-refractivity contribution in [2.45, 2.75) is 87.5 Å². The molecule has 8 unspecified atom stereocenters. The number of ether oxygens (including phenoxy) is 4. The van der Waals surface area contributed by atoms with Crippen LogP contribution in [-0.4, -0.2) is 119 Å². The molecule has 1 aliphatic carbocycles. The van der Waals surface area contributed by atoms with E-state index in [4.69, 9.17) is 18.9 Å². The average Bonchev–Trinajstić information content (AvgIpc) is 3.08. The van der Waals surface area contributed by atoms with Crippen LogP contribution in [0.4, 0.5) is 54.8 Å². The Bertz CT molecular complexity index is 1620. The molecule has 1 aromatic carbocycles. The van der Waals surface area contributed by atoms with E-state index in [2.05, 4.69) is 0 Å². The molecule has 302 valence electrons. The number of carbonyl (C=O) groups excluding carboxylic acids is 2. The summed E-state index contributed by atoms with van der Waals surface area (Å²) < 4.78 is 145. The number of aliphatic carboxylic acids is 1. The number of allylic oxidation sites excluding steroid dienone is 3. The van der Waals surface area contributed by atoms with Gasteiger partial charge in [0, 0.05) is 18.2 Å². The second kappa shape index (κ2) is 16.3. The van der Waals surface area contributed by atoms with Crippen LogP contribution in [0, 0.1) is 5.92 Å². The minimum absolute atomic E-state index is 0.0803. The van der Waals surface area contributed by atoms with E-state index in [1.165, 1.54) is 6.92 Å². The molecule has 2 aliphatic heterocycles. The molecule has 4 rings (SSSR count). The number of rotatable bonds is 9. The second-order valence-electron chi connectivity index (χ2n) is 12.5. The van der Waals surface area contributed by atoms with Crippen molar-refractivity contribution in [1.82, 2.24) is 4.90 Å². The first-order valence-electron chi connectivity index (χ1n) is 16.1. The largest absolute Gasteiger partial charge is 0.479 e. The zero-order valence-corrected chi connectivity index (χ0v) is 28.2. The average molecular weight is 795 g/mol. The Balaban J connectivity index is 1.77. The molecule has 0 saturated carbocycles. The summed E-state index contributed by atoms with van der Waals surface area (Å²) in [5.41, 5.74) is -5.21. The minimum Gasteiger partial charge on any atom is -0.479 e. The fraction of sp³-hybridized carbons (Fsp3) is 0.594.